The van der Waals surface area contributed by atoms with Crippen LogP contribution in [0.4, 0.5) is 0 Å². The molecule has 0 saturated heterocycles. The van der Waals surface area contributed by atoms with Crippen LogP contribution in [0.2, 0.25) is 0 Å². The zero-order valence-electron chi connectivity index (χ0n) is 10.6. The number of aromatic amines is 1. The first-order valence-electron chi connectivity index (χ1n) is 6.16. The molecule has 2 aromatic heterocycles. The molecule has 0 radical (unpaired) electrons. The lowest BCUT2D eigenvalue weighted by Gasteiger charge is -2.04. The Morgan fingerprint density at radius 1 is 1.35 bits per heavy atom. The number of nitrogens with one attached hydrogen (secondary N) is 1. The highest BCUT2D eigenvalue weighted by molar-refractivity contribution is 5.20. The third-order valence-electron chi connectivity index (χ3n) is 3.91. The molecule has 1 saturated carbocycles. The SMILES string of the molecule is Cc1cnn(C2CC2Cc2cn[nH]c2C)c1C. The van der Waals surface area contributed by atoms with Crippen molar-refractivity contribution < 1.29 is 0 Å². The highest BCUT2D eigenvalue weighted by atomic mass is 15.3. The number of aryl methyl sites for hydroxylation is 2. The van der Waals surface area contributed by atoms with Gasteiger partial charge in [0.25, 0.3) is 0 Å². The van der Waals surface area contributed by atoms with Crippen LogP contribution in [-0.2, 0) is 6.42 Å². The Kier molecular flexibility index (Phi) is 2.31. The Labute approximate surface area is 101 Å². The Hall–Kier alpha value is -1.58. The Morgan fingerprint density at radius 3 is 2.76 bits per heavy atom. The molecule has 0 amide bonds. The Balaban J connectivity index is 1.71. The van der Waals surface area contributed by atoms with Gasteiger partial charge in [-0.15, -0.1) is 0 Å². The molecule has 4 nitrogen and oxygen atoms in total. The summed E-state index contributed by atoms with van der Waals surface area (Å²) in [5.41, 5.74) is 5.14. The van der Waals surface area contributed by atoms with Crippen LogP contribution < -0.4 is 0 Å². The van der Waals surface area contributed by atoms with Gasteiger partial charge in [-0.1, -0.05) is 0 Å². The molecular weight excluding hydrogens is 212 g/mol. The van der Waals surface area contributed by atoms with E-state index >= 15 is 0 Å². The van der Waals surface area contributed by atoms with Crippen LogP contribution >= 0.6 is 0 Å². The first-order chi connectivity index (χ1) is 8.16. The highest BCUT2D eigenvalue weighted by Crippen LogP contribution is 2.46. The van der Waals surface area contributed by atoms with Crippen molar-refractivity contribution in [2.45, 2.75) is 39.7 Å². The van der Waals surface area contributed by atoms with Crippen molar-refractivity contribution in [1.82, 2.24) is 20.0 Å². The predicted octanol–water partition coefficient (Wildman–Crippen LogP) is 2.34. The molecular formula is C13H18N4. The first-order valence-corrected chi connectivity index (χ1v) is 6.16. The fourth-order valence-electron chi connectivity index (χ4n) is 2.46. The largest absolute Gasteiger partial charge is 0.283 e. The van der Waals surface area contributed by atoms with E-state index in [2.05, 4.69) is 40.7 Å². The van der Waals surface area contributed by atoms with Gasteiger partial charge in [-0.05, 0) is 50.7 Å². The van der Waals surface area contributed by atoms with Crippen molar-refractivity contribution in [1.29, 1.82) is 0 Å². The maximum absolute atomic E-state index is 4.47. The van der Waals surface area contributed by atoms with Gasteiger partial charge in [-0.25, -0.2) is 0 Å². The van der Waals surface area contributed by atoms with Gasteiger partial charge in [-0.3, -0.25) is 9.78 Å². The molecule has 0 aliphatic heterocycles. The van der Waals surface area contributed by atoms with Crippen LogP contribution in [0.5, 0.6) is 0 Å². The fourth-order valence-corrected chi connectivity index (χ4v) is 2.46. The van der Waals surface area contributed by atoms with Gasteiger partial charge in [0.15, 0.2) is 0 Å². The zero-order valence-corrected chi connectivity index (χ0v) is 10.6. The fraction of sp³-hybridized carbons (Fsp3) is 0.538. The van der Waals surface area contributed by atoms with Crippen molar-refractivity contribution >= 4 is 0 Å². The van der Waals surface area contributed by atoms with E-state index in [1.807, 2.05) is 12.4 Å². The predicted molar refractivity (Wildman–Crippen MR) is 65.9 cm³/mol. The van der Waals surface area contributed by atoms with E-state index in [1.165, 1.54) is 28.9 Å². The Morgan fingerprint density at radius 2 is 2.18 bits per heavy atom. The average Bonchev–Trinajstić information content (AvgIpc) is 2.82. The smallest absolute Gasteiger partial charge is 0.0558 e. The zero-order chi connectivity index (χ0) is 12.0. The summed E-state index contributed by atoms with van der Waals surface area (Å²) in [5.74, 6) is 0.726. The summed E-state index contributed by atoms with van der Waals surface area (Å²) in [6, 6.07) is 0.595. The van der Waals surface area contributed by atoms with E-state index in [1.54, 1.807) is 0 Å². The second kappa shape index (κ2) is 3.72. The van der Waals surface area contributed by atoms with Gasteiger partial charge in [-0.2, -0.15) is 10.2 Å². The van der Waals surface area contributed by atoms with E-state index in [0.717, 1.165) is 12.3 Å². The normalized spacial score (nSPS) is 23.0. The van der Waals surface area contributed by atoms with Crippen molar-refractivity contribution in [2.75, 3.05) is 0 Å². The number of hydrogen-bond acceptors (Lipinski definition) is 2. The average molecular weight is 230 g/mol. The lowest BCUT2D eigenvalue weighted by molar-refractivity contribution is 0.570. The number of nitrogens with zero attached hydrogens (tertiary/aromatic N) is 3. The maximum atomic E-state index is 4.47. The molecule has 4 heteroatoms. The molecule has 1 fully saturated rings. The summed E-state index contributed by atoms with van der Waals surface area (Å²) in [6.45, 7) is 6.36. The summed E-state index contributed by atoms with van der Waals surface area (Å²) < 4.78 is 2.19. The topological polar surface area (TPSA) is 46.5 Å². The second-order valence-electron chi connectivity index (χ2n) is 5.15. The van der Waals surface area contributed by atoms with Crippen LogP contribution in [0, 0.1) is 26.7 Å². The van der Waals surface area contributed by atoms with Crippen molar-refractivity contribution in [3.63, 3.8) is 0 Å². The molecule has 1 aliphatic rings. The molecule has 2 atom stereocenters. The molecule has 1 N–H and O–H groups in total. The summed E-state index contributed by atoms with van der Waals surface area (Å²) in [5, 5.41) is 11.5. The molecule has 1 aliphatic carbocycles. The third kappa shape index (κ3) is 1.77. The summed E-state index contributed by atoms with van der Waals surface area (Å²) in [6.07, 6.45) is 6.28. The molecule has 2 heterocycles. The minimum absolute atomic E-state index is 0.595. The monoisotopic (exact) mass is 230 g/mol. The van der Waals surface area contributed by atoms with Crippen LogP contribution in [-0.4, -0.2) is 20.0 Å². The van der Waals surface area contributed by atoms with Gasteiger partial charge < -0.3 is 0 Å². The molecule has 17 heavy (non-hydrogen) atoms. The van der Waals surface area contributed by atoms with Gasteiger partial charge in [0.05, 0.1) is 18.4 Å². The molecule has 0 bridgehead atoms. The molecule has 2 unspecified atom stereocenters. The molecule has 2 aromatic rings. The molecule has 3 rings (SSSR count). The molecule has 90 valence electrons. The van der Waals surface area contributed by atoms with Gasteiger partial charge in [0, 0.05) is 11.4 Å². The molecule has 0 spiro atoms. The third-order valence-corrected chi connectivity index (χ3v) is 3.91. The lowest BCUT2D eigenvalue weighted by Crippen LogP contribution is -2.02. The van der Waals surface area contributed by atoms with Gasteiger partial charge in [0.2, 0.25) is 0 Å². The van der Waals surface area contributed by atoms with Crippen LogP contribution in [0.25, 0.3) is 0 Å². The van der Waals surface area contributed by atoms with E-state index in [-0.39, 0.29) is 0 Å². The number of H-pyrrole nitrogens is 1. The van der Waals surface area contributed by atoms with Crippen molar-refractivity contribution in [3.8, 4) is 0 Å². The lowest BCUT2D eigenvalue weighted by atomic mass is 10.1. The quantitative estimate of drug-likeness (QED) is 0.879. The van der Waals surface area contributed by atoms with Crippen molar-refractivity contribution in [2.24, 2.45) is 5.92 Å². The highest BCUT2D eigenvalue weighted by Gasteiger charge is 2.40. The standard InChI is InChI=1S/C13H18N4/c1-8-6-15-17(10(8)3)13-5-11(13)4-12-7-14-16-9(12)2/h6-7,11,13H,4-5H2,1-3H3,(H,14,16). The maximum Gasteiger partial charge on any atom is 0.0558 e. The van der Waals surface area contributed by atoms with Crippen LogP contribution in [0.3, 0.4) is 0 Å². The van der Waals surface area contributed by atoms with E-state index in [4.69, 9.17) is 0 Å². The number of aromatic nitrogens is 4. The number of hydrogen-bond donors (Lipinski definition) is 1. The van der Waals surface area contributed by atoms with E-state index in [0.29, 0.717) is 6.04 Å². The minimum Gasteiger partial charge on any atom is -0.283 e. The van der Waals surface area contributed by atoms with Crippen LogP contribution in [0.1, 0.15) is 35.0 Å². The Bertz CT molecular complexity index is 537. The minimum atomic E-state index is 0.595. The number of rotatable bonds is 3. The first kappa shape index (κ1) is 10.6. The van der Waals surface area contributed by atoms with Gasteiger partial charge in [0.1, 0.15) is 0 Å². The summed E-state index contributed by atoms with van der Waals surface area (Å²) in [7, 11) is 0. The van der Waals surface area contributed by atoms with Crippen LogP contribution in [0.15, 0.2) is 12.4 Å². The summed E-state index contributed by atoms with van der Waals surface area (Å²) in [4.78, 5) is 0. The second-order valence-corrected chi connectivity index (χ2v) is 5.15. The van der Waals surface area contributed by atoms with Gasteiger partial charge >= 0.3 is 0 Å². The molecule has 0 aromatic carbocycles. The van der Waals surface area contributed by atoms with E-state index in [9.17, 15) is 0 Å². The van der Waals surface area contributed by atoms with Crippen molar-refractivity contribution in [3.05, 3.63) is 34.9 Å². The summed E-state index contributed by atoms with van der Waals surface area (Å²) >= 11 is 0. The van der Waals surface area contributed by atoms with E-state index < -0.39 is 0 Å².